The van der Waals surface area contributed by atoms with Crippen molar-refractivity contribution in [2.75, 3.05) is 40.5 Å². The number of piperidine rings is 2. The summed E-state index contributed by atoms with van der Waals surface area (Å²) in [5.41, 5.74) is -0.156. The van der Waals surface area contributed by atoms with Gasteiger partial charge in [-0.3, -0.25) is 9.80 Å². The van der Waals surface area contributed by atoms with E-state index in [1.54, 1.807) is 0 Å². The number of ether oxygens (including phenoxy) is 4. The van der Waals surface area contributed by atoms with Crippen LogP contribution in [-0.2, 0) is 18.9 Å². The van der Waals surface area contributed by atoms with Crippen molar-refractivity contribution in [1.82, 2.24) is 9.80 Å². The van der Waals surface area contributed by atoms with Crippen molar-refractivity contribution in [2.45, 2.75) is 115 Å². The van der Waals surface area contributed by atoms with Crippen molar-refractivity contribution >= 4 is 0 Å². The van der Waals surface area contributed by atoms with E-state index >= 15 is 0 Å². The third-order valence-corrected chi connectivity index (χ3v) is 9.01. The zero-order valence-electron chi connectivity index (χ0n) is 21.7. The molecular weight excluding hydrogens is 392 g/mol. The van der Waals surface area contributed by atoms with Crippen LogP contribution >= 0.6 is 0 Å². The minimum absolute atomic E-state index is 0.0150. The maximum Gasteiger partial charge on any atom is 0.171 e. The molecule has 4 fully saturated rings. The highest BCUT2D eigenvalue weighted by atomic mass is 16.7. The van der Waals surface area contributed by atoms with E-state index in [1.165, 1.54) is 0 Å². The maximum atomic E-state index is 6.58. The highest BCUT2D eigenvalue weighted by Crippen LogP contribution is 2.51. The second kappa shape index (κ2) is 6.89. The first kappa shape index (κ1) is 23.9. The highest BCUT2D eigenvalue weighted by Gasteiger charge is 2.59. The third-order valence-electron chi connectivity index (χ3n) is 9.01. The summed E-state index contributed by atoms with van der Waals surface area (Å²) < 4.78 is 26.3. The van der Waals surface area contributed by atoms with Gasteiger partial charge in [-0.1, -0.05) is 0 Å². The van der Waals surface area contributed by atoms with Gasteiger partial charge in [-0.05, 0) is 69.5 Å². The topological polar surface area (TPSA) is 43.4 Å². The van der Waals surface area contributed by atoms with Gasteiger partial charge in [-0.25, -0.2) is 0 Å². The molecule has 0 radical (unpaired) electrons. The van der Waals surface area contributed by atoms with Crippen LogP contribution in [0, 0.1) is 5.41 Å². The Morgan fingerprint density at radius 1 is 0.452 bits per heavy atom. The molecule has 4 saturated heterocycles. The molecule has 0 aliphatic carbocycles. The standard InChI is InChI=1S/C25H46N2O4/c1-19(2)11-24(12-20(3,4)26(19)9)28-15-23(16-29-24)17-30-25(31-18-23)13-21(5,6)27(10)22(7,8)14-25/h11-18H2,1-10H3. The predicted octanol–water partition coefficient (Wildman–Crippen LogP) is 4.02. The van der Waals surface area contributed by atoms with Crippen molar-refractivity contribution in [3.63, 3.8) is 0 Å². The van der Waals surface area contributed by atoms with Gasteiger partial charge in [0, 0.05) is 47.8 Å². The summed E-state index contributed by atoms with van der Waals surface area (Å²) in [6.07, 6.45) is 3.49. The molecule has 4 heterocycles. The lowest BCUT2D eigenvalue weighted by Crippen LogP contribution is -2.70. The Kier molecular flexibility index (Phi) is 5.31. The number of nitrogens with zero attached hydrogens (tertiary/aromatic N) is 2. The van der Waals surface area contributed by atoms with Crippen LogP contribution in [0.3, 0.4) is 0 Å². The fourth-order valence-electron chi connectivity index (χ4n) is 6.75. The van der Waals surface area contributed by atoms with Crippen LogP contribution in [0.2, 0.25) is 0 Å². The first-order valence-electron chi connectivity index (χ1n) is 12.0. The summed E-state index contributed by atoms with van der Waals surface area (Å²) in [6.45, 7) is 20.8. The molecule has 0 atom stereocenters. The number of rotatable bonds is 0. The lowest BCUT2D eigenvalue weighted by Gasteiger charge is -2.62. The Hall–Kier alpha value is -0.240. The monoisotopic (exact) mass is 438 g/mol. The summed E-state index contributed by atoms with van der Waals surface area (Å²) in [5, 5.41) is 0. The Balaban J connectivity index is 1.44. The molecule has 0 aromatic rings. The summed E-state index contributed by atoms with van der Waals surface area (Å²) in [5.74, 6) is -1.03. The van der Waals surface area contributed by atoms with Crippen molar-refractivity contribution < 1.29 is 18.9 Å². The summed E-state index contributed by atoms with van der Waals surface area (Å²) >= 11 is 0. The fraction of sp³-hybridized carbons (Fsp3) is 1.00. The van der Waals surface area contributed by atoms with E-state index < -0.39 is 11.6 Å². The minimum Gasteiger partial charge on any atom is -0.349 e. The number of likely N-dealkylation sites (tertiary alicyclic amines) is 2. The first-order valence-corrected chi connectivity index (χ1v) is 12.0. The van der Waals surface area contributed by atoms with E-state index in [1.807, 2.05) is 0 Å². The van der Waals surface area contributed by atoms with Crippen LogP contribution in [0.5, 0.6) is 0 Å². The molecule has 4 aliphatic rings. The maximum absolute atomic E-state index is 6.58. The van der Waals surface area contributed by atoms with E-state index in [-0.39, 0.29) is 27.6 Å². The predicted molar refractivity (Wildman–Crippen MR) is 122 cm³/mol. The second-order valence-corrected chi connectivity index (χ2v) is 13.6. The number of hydrogen-bond donors (Lipinski definition) is 0. The van der Waals surface area contributed by atoms with Gasteiger partial charge in [0.15, 0.2) is 11.6 Å². The molecule has 6 heteroatoms. The Morgan fingerprint density at radius 2 is 0.677 bits per heavy atom. The lowest BCUT2D eigenvalue weighted by atomic mass is 9.74. The van der Waals surface area contributed by atoms with Gasteiger partial charge < -0.3 is 18.9 Å². The summed E-state index contributed by atoms with van der Waals surface area (Å²) in [4.78, 5) is 4.92. The molecular formula is C25H46N2O4. The molecule has 0 aromatic heterocycles. The smallest absolute Gasteiger partial charge is 0.171 e. The van der Waals surface area contributed by atoms with E-state index in [0.29, 0.717) is 26.4 Å². The molecule has 4 rings (SSSR count). The molecule has 31 heavy (non-hydrogen) atoms. The van der Waals surface area contributed by atoms with Crippen molar-refractivity contribution in [3.8, 4) is 0 Å². The van der Waals surface area contributed by atoms with E-state index in [9.17, 15) is 0 Å². The van der Waals surface area contributed by atoms with Crippen LogP contribution in [0.25, 0.3) is 0 Å². The van der Waals surface area contributed by atoms with Crippen molar-refractivity contribution in [3.05, 3.63) is 0 Å². The summed E-state index contributed by atoms with van der Waals surface area (Å²) in [6, 6.07) is 0. The third kappa shape index (κ3) is 4.00. The SMILES string of the molecule is CN1C(C)(C)CC2(CC1(C)C)OCC1(CO2)COC2(CC(C)(C)N(C)C(C)(C)C2)OC1. The zero-order valence-corrected chi connectivity index (χ0v) is 21.7. The van der Waals surface area contributed by atoms with Gasteiger partial charge in [0.05, 0.1) is 31.8 Å². The Labute approximate surface area is 189 Å². The van der Waals surface area contributed by atoms with E-state index in [4.69, 9.17) is 18.9 Å². The van der Waals surface area contributed by atoms with E-state index in [0.717, 1.165) is 25.7 Å². The minimum atomic E-state index is -0.516. The normalized spacial score (nSPS) is 35.4. The number of hydrogen-bond acceptors (Lipinski definition) is 6. The van der Waals surface area contributed by atoms with Gasteiger partial charge in [0.25, 0.3) is 0 Å². The van der Waals surface area contributed by atoms with Crippen LogP contribution in [0.1, 0.15) is 81.1 Å². The molecule has 0 unspecified atom stereocenters. The zero-order chi connectivity index (χ0) is 23.1. The molecule has 0 aromatic carbocycles. The Bertz CT molecular complexity index is 595. The van der Waals surface area contributed by atoms with E-state index in [2.05, 4.69) is 79.3 Å². The average molecular weight is 439 g/mol. The van der Waals surface area contributed by atoms with Gasteiger partial charge in [0.1, 0.15) is 0 Å². The van der Waals surface area contributed by atoms with Gasteiger partial charge >= 0.3 is 0 Å². The highest BCUT2D eigenvalue weighted by molar-refractivity contribution is 5.06. The Morgan fingerprint density at radius 3 is 0.903 bits per heavy atom. The second-order valence-electron chi connectivity index (χ2n) is 13.6. The molecule has 3 spiro atoms. The molecule has 4 aliphatic heterocycles. The largest absolute Gasteiger partial charge is 0.349 e. The first-order chi connectivity index (χ1) is 14.0. The molecule has 0 amide bonds. The molecule has 0 bridgehead atoms. The average Bonchev–Trinajstić information content (AvgIpc) is 2.62. The van der Waals surface area contributed by atoms with Gasteiger partial charge in [-0.15, -0.1) is 0 Å². The molecule has 6 nitrogen and oxygen atoms in total. The van der Waals surface area contributed by atoms with Crippen molar-refractivity contribution in [1.29, 1.82) is 0 Å². The summed E-state index contributed by atoms with van der Waals surface area (Å²) in [7, 11) is 4.42. The molecule has 0 saturated carbocycles. The van der Waals surface area contributed by atoms with Crippen LogP contribution < -0.4 is 0 Å². The van der Waals surface area contributed by atoms with Gasteiger partial charge in [0.2, 0.25) is 0 Å². The lowest BCUT2D eigenvalue weighted by molar-refractivity contribution is -0.394. The van der Waals surface area contributed by atoms with Gasteiger partial charge in [-0.2, -0.15) is 0 Å². The van der Waals surface area contributed by atoms with Crippen LogP contribution in [-0.4, -0.2) is 84.1 Å². The fourth-order valence-corrected chi connectivity index (χ4v) is 6.75. The van der Waals surface area contributed by atoms with Crippen LogP contribution in [0.4, 0.5) is 0 Å². The van der Waals surface area contributed by atoms with Crippen LogP contribution in [0.15, 0.2) is 0 Å². The molecule has 0 N–H and O–H groups in total. The van der Waals surface area contributed by atoms with Crippen molar-refractivity contribution in [2.24, 2.45) is 5.41 Å². The molecule has 180 valence electrons. The quantitative estimate of drug-likeness (QED) is 0.569.